The topological polar surface area (TPSA) is 3.24 Å². The number of halogens is 2. The summed E-state index contributed by atoms with van der Waals surface area (Å²) in [5.74, 6) is 0. The molecule has 1 aliphatic heterocycles. The van der Waals surface area contributed by atoms with Gasteiger partial charge < -0.3 is 4.90 Å². The maximum Gasteiger partial charge on any atom is 0.0461 e. The smallest absolute Gasteiger partial charge is 0.0461 e. The van der Waals surface area contributed by atoms with Gasteiger partial charge >= 0.3 is 0 Å². The Kier molecular flexibility index (Phi) is 3.02. The predicted molar refractivity (Wildman–Crippen MR) is 88.5 cm³/mol. The normalized spacial score (nSPS) is 15.9. The summed E-state index contributed by atoms with van der Waals surface area (Å²) in [6, 6.07) is 13.1. The van der Waals surface area contributed by atoms with Gasteiger partial charge in [-0.15, -0.1) is 0 Å². The summed E-state index contributed by atoms with van der Waals surface area (Å²) in [7, 11) is 2.13. The van der Waals surface area contributed by atoms with Gasteiger partial charge in [0, 0.05) is 32.8 Å². The SMILES string of the molecule is CN1c2cc(Br)ccc2C(C)(C)c2ccc(Br)cc21. The molecule has 1 nitrogen and oxygen atoms in total. The Labute approximate surface area is 130 Å². The lowest BCUT2D eigenvalue weighted by molar-refractivity contribution is 0.629. The minimum atomic E-state index is 0.0264. The van der Waals surface area contributed by atoms with Crippen LogP contribution in [0.25, 0.3) is 0 Å². The molecule has 0 spiro atoms. The molecule has 0 amide bonds. The van der Waals surface area contributed by atoms with Crippen molar-refractivity contribution in [3.8, 4) is 0 Å². The van der Waals surface area contributed by atoms with Crippen LogP contribution < -0.4 is 4.90 Å². The number of hydrogen-bond donors (Lipinski definition) is 0. The molecule has 3 heteroatoms. The van der Waals surface area contributed by atoms with E-state index in [9.17, 15) is 0 Å². The Balaban J connectivity index is 2.32. The van der Waals surface area contributed by atoms with E-state index in [1.165, 1.54) is 22.5 Å². The van der Waals surface area contributed by atoms with Crippen LogP contribution in [0.3, 0.4) is 0 Å². The molecule has 0 saturated heterocycles. The van der Waals surface area contributed by atoms with Crippen LogP contribution >= 0.6 is 31.9 Å². The van der Waals surface area contributed by atoms with Gasteiger partial charge in [0.15, 0.2) is 0 Å². The van der Waals surface area contributed by atoms with E-state index in [2.05, 4.69) is 94.1 Å². The average Bonchev–Trinajstić information content (AvgIpc) is 2.35. The number of nitrogens with zero attached hydrogens (tertiary/aromatic N) is 1. The fourth-order valence-electron chi connectivity index (χ4n) is 2.90. The Bertz CT molecular complexity index is 606. The Hall–Kier alpha value is -0.800. The molecule has 0 aliphatic carbocycles. The number of hydrogen-bond acceptors (Lipinski definition) is 1. The molecule has 0 saturated carbocycles. The third-order valence-electron chi connectivity index (χ3n) is 3.99. The van der Waals surface area contributed by atoms with Crippen molar-refractivity contribution < 1.29 is 0 Å². The summed E-state index contributed by atoms with van der Waals surface area (Å²) >= 11 is 7.15. The summed E-state index contributed by atoms with van der Waals surface area (Å²) in [6.07, 6.45) is 0. The number of benzene rings is 2. The van der Waals surface area contributed by atoms with Gasteiger partial charge in [-0.3, -0.25) is 0 Å². The lowest BCUT2D eigenvalue weighted by Gasteiger charge is -2.40. The molecule has 0 bridgehead atoms. The molecule has 0 N–H and O–H groups in total. The molecule has 1 aliphatic rings. The molecule has 2 aromatic rings. The van der Waals surface area contributed by atoms with E-state index in [0.29, 0.717) is 0 Å². The van der Waals surface area contributed by atoms with Crippen molar-refractivity contribution >= 4 is 43.2 Å². The lowest BCUT2D eigenvalue weighted by atomic mass is 9.74. The molecule has 0 atom stereocenters. The summed E-state index contributed by atoms with van der Waals surface area (Å²) in [4.78, 5) is 2.27. The first-order valence-electron chi connectivity index (χ1n) is 6.25. The van der Waals surface area contributed by atoms with E-state index < -0.39 is 0 Å². The van der Waals surface area contributed by atoms with Crippen LogP contribution in [0, 0.1) is 0 Å². The van der Waals surface area contributed by atoms with Gasteiger partial charge in [0.1, 0.15) is 0 Å². The van der Waals surface area contributed by atoms with Gasteiger partial charge in [0.05, 0.1) is 0 Å². The second kappa shape index (κ2) is 4.35. The van der Waals surface area contributed by atoms with Gasteiger partial charge in [-0.05, 0) is 35.4 Å². The van der Waals surface area contributed by atoms with Crippen LogP contribution in [-0.4, -0.2) is 7.05 Å². The van der Waals surface area contributed by atoms with Crippen molar-refractivity contribution in [3.63, 3.8) is 0 Å². The van der Waals surface area contributed by atoms with Crippen molar-refractivity contribution in [2.24, 2.45) is 0 Å². The molecule has 1 heterocycles. The second-order valence-electron chi connectivity index (χ2n) is 5.51. The molecule has 19 heavy (non-hydrogen) atoms. The minimum absolute atomic E-state index is 0.0264. The maximum atomic E-state index is 3.57. The summed E-state index contributed by atoms with van der Waals surface area (Å²) in [5, 5.41) is 0. The zero-order chi connectivity index (χ0) is 13.8. The molecule has 3 rings (SSSR count). The highest BCUT2D eigenvalue weighted by molar-refractivity contribution is 9.10. The highest BCUT2D eigenvalue weighted by Gasteiger charge is 2.34. The monoisotopic (exact) mass is 379 g/mol. The van der Waals surface area contributed by atoms with E-state index in [-0.39, 0.29) is 5.41 Å². The van der Waals surface area contributed by atoms with E-state index >= 15 is 0 Å². The third-order valence-corrected chi connectivity index (χ3v) is 4.98. The lowest BCUT2D eigenvalue weighted by Crippen LogP contribution is -2.30. The molecule has 2 aromatic carbocycles. The van der Waals surface area contributed by atoms with Crippen molar-refractivity contribution in [1.29, 1.82) is 0 Å². The molecule has 98 valence electrons. The standard InChI is InChI=1S/C16H15Br2N/c1-16(2)12-6-4-10(17)8-14(12)19(3)15-9-11(18)5-7-13(15)16/h4-9H,1-3H3. The highest BCUT2D eigenvalue weighted by Crippen LogP contribution is 2.49. The van der Waals surface area contributed by atoms with Crippen LogP contribution in [-0.2, 0) is 5.41 Å². The molecule has 0 radical (unpaired) electrons. The Morgan fingerprint density at radius 3 is 1.68 bits per heavy atom. The zero-order valence-corrected chi connectivity index (χ0v) is 14.3. The second-order valence-corrected chi connectivity index (χ2v) is 7.34. The average molecular weight is 381 g/mol. The fourth-order valence-corrected chi connectivity index (χ4v) is 3.59. The zero-order valence-electron chi connectivity index (χ0n) is 11.2. The van der Waals surface area contributed by atoms with Crippen molar-refractivity contribution in [1.82, 2.24) is 0 Å². The van der Waals surface area contributed by atoms with E-state index in [1.54, 1.807) is 0 Å². The quantitative estimate of drug-likeness (QED) is 0.573. The van der Waals surface area contributed by atoms with E-state index in [1.807, 2.05) is 0 Å². The predicted octanol–water partition coefficient (Wildman–Crippen LogP) is 5.62. The van der Waals surface area contributed by atoms with Gasteiger partial charge in [0.25, 0.3) is 0 Å². The molecular weight excluding hydrogens is 366 g/mol. The first-order valence-corrected chi connectivity index (χ1v) is 7.83. The van der Waals surface area contributed by atoms with Crippen LogP contribution in [0.15, 0.2) is 45.3 Å². The summed E-state index contributed by atoms with van der Waals surface area (Å²) < 4.78 is 2.24. The summed E-state index contributed by atoms with van der Waals surface area (Å²) in [5.41, 5.74) is 5.30. The first-order chi connectivity index (χ1) is 8.91. The third kappa shape index (κ3) is 1.95. The molecular formula is C16H15Br2N. The van der Waals surface area contributed by atoms with Crippen molar-refractivity contribution in [2.45, 2.75) is 19.3 Å². The van der Waals surface area contributed by atoms with Crippen LogP contribution in [0.5, 0.6) is 0 Å². The minimum Gasteiger partial charge on any atom is -0.344 e. The van der Waals surface area contributed by atoms with Crippen LogP contribution in [0.1, 0.15) is 25.0 Å². The van der Waals surface area contributed by atoms with E-state index in [4.69, 9.17) is 0 Å². The van der Waals surface area contributed by atoms with Gasteiger partial charge in [0.2, 0.25) is 0 Å². The van der Waals surface area contributed by atoms with E-state index in [0.717, 1.165) is 8.95 Å². The highest BCUT2D eigenvalue weighted by atomic mass is 79.9. The van der Waals surface area contributed by atoms with Gasteiger partial charge in [-0.2, -0.15) is 0 Å². The summed E-state index contributed by atoms with van der Waals surface area (Å²) in [6.45, 7) is 4.58. The van der Waals surface area contributed by atoms with Crippen LogP contribution in [0.2, 0.25) is 0 Å². The van der Waals surface area contributed by atoms with Crippen molar-refractivity contribution in [2.75, 3.05) is 11.9 Å². The Morgan fingerprint density at radius 2 is 1.26 bits per heavy atom. The molecule has 0 unspecified atom stereocenters. The molecule has 0 aromatic heterocycles. The maximum absolute atomic E-state index is 3.57. The number of rotatable bonds is 0. The number of fused-ring (bicyclic) bond motifs is 2. The number of anilines is 2. The van der Waals surface area contributed by atoms with Crippen LogP contribution in [0.4, 0.5) is 11.4 Å². The van der Waals surface area contributed by atoms with Gasteiger partial charge in [-0.1, -0.05) is 57.8 Å². The largest absolute Gasteiger partial charge is 0.344 e. The first kappa shape index (κ1) is 13.2. The fraction of sp³-hybridized carbons (Fsp3) is 0.250. The molecule has 0 fully saturated rings. The Morgan fingerprint density at radius 1 is 0.842 bits per heavy atom. The van der Waals surface area contributed by atoms with Gasteiger partial charge in [-0.25, -0.2) is 0 Å². The van der Waals surface area contributed by atoms with Crippen molar-refractivity contribution in [3.05, 3.63) is 56.5 Å².